The van der Waals surface area contributed by atoms with E-state index in [1.807, 2.05) is 30.3 Å². The molecule has 1 aromatic rings. The largest absolute Gasteiger partial charge is 0.340 e. The zero-order valence-corrected chi connectivity index (χ0v) is 10.4. The van der Waals surface area contributed by atoms with Crippen molar-refractivity contribution in [2.24, 2.45) is 0 Å². The molecule has 1 heterocycles. The van der Waals surface area contributed by atoms with Gasteiger partial charge in [-0.3, -0.25) is 10.1 Å². The van der Waals surface area contributed by atoms with Crippen LogP contribution in [-0.2, 0) is 4.79 Å². The Bertz CT molecular complexity index is 377. The van der Waals surface area contributed by atoms with Gasteiger partial charge in [0.2, 0.25) is 5.91 Å². The Morgan fingerprint density at radius 3 is 2.41 bits per heavy atom. The van der Waals surface area contributed by atoms with E-state index in [-0.39, 0.29) is 24.0 Å². The molecule has 1 saturated heterocycles. The van der Waals surface area contributed by atoms with Gasteiger partial charge in [-0.1, -0.05) is 44.2 Å². The molecule has 0 radical (unpaired) electrons. The second-order valence-corrected chi connectivity index (χ2v) is 4.54. The summed E-state index contributed by atoms with van der Waals surface area (Å²) in [5.41, 5.74) is 1.10. The summed E-state index contributed by atoms with van der Waals surface area (Å²) in [7, 11) is 0. The van der Waals surface area contributed by atoms with Crippen LogP contribution < -0.4 is 10.6 Å². The molecule has 3 heteroatoms. The van der Waals surface area contributed by atoms with Crippen molar-refractivity contribution in [3.63, 3.8) is 0 Å². The van der Waals surface area contributed by atoms with Crippen molar-refractivity contribution >= 4 is 5.91 Å². The summed E-state index contributed by atoms with van der Waals surface area (Å²) in [5.74, 6) is 0.0812. The number of amides is 1. The molecule has 1 aliphatic rings. The quantitative estimate of drug-likeness (QED) is 0.837. The zero-order valence-electron chi connectivity index (χ0n) is 10.4. The highest BCUT2D eigenvalue weighted by Crippen LogP contribution is 2.25. The molecule has 0 bridgehead atoms. The van der Waals surface area contributed by atoms with Gasteiger partial charge in [-0.2, -0.15) is 0 Å². The smallest absolute Gasteiger partial charge is 0.230 e. The second-order valence-electron chi connectivity index (χ2n) is 4.54. The van der Waals surface area contributed by atoms with Crippen molar-refractivity contribution in [3.05, 3.63) is 35.9 Å². The third-order valence-corrected chi connectivity index (χ3v) is 3.42. The van der Waals surface area contributed by atoms with Crippen LogP contribution in [0.2, 0.25) is 0 Å². The molecular weight excluding hydrogens is 212 g/mol. The van der Waals surface area contributed by atoms with Crippen molar-refractivity contribution < 1.29 is 4.79 Å². The van der Waals surface area contributed by atoms with Crippen molar-refractivity contribution in [2.45, 2.75) is 44.8 Å². The standard InChI is InChI=1S/C14H20N2O/c1-3-11-13(10-8-6-5-7-9-10)14(17)16-12(4-2)15-11/h5-9,11-13,15H,3-4H2,1-2H3,(H,16,17). The predicted octanol–water partition coefficient (Wildman–Crippen LogP) is 2.00. The van der Waals surface area contributed by atoms with Gasteiger partial charge in [-0.25, -0.2) is 0 Å². The number of hydrogen-bond acceptors (Lipinski definition) is 2. The van der Waals surface area contributed by atoms with Crippen LogP contribution in [0.15, 0.2) is 30.3 Å². The van der Waals surface area contributed by atoms with Crippen LogP contribution in [0.4, 0.5) is 0 Å². The molecule has 3 unspecified atom stereocenters. The molecule has 2 rings (SSSR count). The lowest BCUT2D eigenvalue weighted by molar-refractivity contribution is -0.126. The van der Waals surface area contributed by atoms with Crippen LogP contribution in [0.25, 0.3) is 0 Å². The molecule has 92 valence electrons. The SMILES string of the molecule is CCC1NC(=O)C(c2ccccc2)C(CC)N1. The molecule has 1 aromatic carbocycles. The minimum absolute atomic E-state index is 0.0657. The summed E-state index contributed by atoms with van der Waals surface area (Å²) in [5, 5.41) is 6.53. The Labute approximate surface area is 103 Å². The summed E-state index contributed by atoms with van der Waals surface area (Å²) in [4.78, 5) is 12.2. The molecule has 3 nitrogen and oxygen atoms in total. The molecule has 1 amide bonds. The molecule has 1 aliphatic heterocycles. The third kappa shape index (κ3) is 2.50. The fraction of sp³-hybridized carbons (Fsp3) is 0.500. The van der Waals surface area contributed by atoms with Crippen molar-refractivity contribution in [1.82, 2.24) is 10.6 Å². The first-order valence-corrected chi connectivity index (χ1v) is 6.37. The van der Waals surface area contributed by atoms with Crippen LogP contribution >= 0.6 is 0 Å². The lowest BCUT2D eigenvalue weighted by Crippen LogP contribution is -2.59. The van der Waals surface area contributed by atoms with Crippen LogP contribution in [0.1, 0.15) is 38.2 Å². The average molecular weight is 232 g/mol. The number of benzene rings is 1. The molecule has 0 aromatic heterocycles. The molecule has 0 saturated carbocycles. The van der Waals surface area contributed by atoms with E-state index in [1.165, 1.54) is 0 Å². The summed E-state index contributed by atoms with van der Waals surface area (Å²) in [6.45, 7) is 4.20. The summed E-state index contributed by atoms with van der Waals surface area (Å²) in [6, 6.07) is 10.2. The van der Waals surface area contributed by atoms with Crippen LogP contribution in [0.5, 0.6) is 0 Å². The number of hydrogen-bond donors (Lipinski definition) is 2. The Kier molecular flexibility index (Phi) is 3.79. The Balaban J connectivity index is 2.23. The van der Waals surface area contributed by atoms with Crippen molar-refractivity contribution in [2.75, 3.05) is 0 Å². The summed E-state index contributed by atoms with van der Waals surface area (Å²) in [6.07, 6.45) is 2.00. The Hall–Kier alpha value is -1.35. The molecule has 1 fully saturated rings. The van der Waals surface area contributed by atoms with Gasteiger partial charge in [0.15, 0.2) is 0 Å². The van der Waals surface area contributed by atoms with Crippen molar-refractivity contribution in [1.29, 1.82) is 0 Å². The van der Waals surface area contributed by atoms with E-state index in [9.17, 15) is 4.79 Å². The van der Waals surface area contributed by atoms with Crippen LogP contribution in [0, 0.1) is 0 Å². The molecule has 2 N–H and O–H groups in total. The molecule has 3 atom stereocenters. The lowest BCUT2D eigenvalue weighted by Gasteiger charge is -2.37. The summed E-state index contributed by atoms with van der Waals surface area (Å²) < 4.78 is 0. The maximum Gasteiger partial charge on any atom is 0.230 e. The van der Waals surface area contributed by atoms with Gasteiger partial charge >= 0.3 is 0 Å². The van der Waals surface area contributed by atoms with E-state index in [1.54, 1.807) is 0 Å². The molecule has 17 heavy (non-hydrogen) atoms. The lowest BCUT2D eigenvalue weighted by atomic mass is 9.87. The fourth-order valence-electron chi connectivity index (χ4n) is 2.46. The maximum absolute atomic E-state index is 12.2. The van der Waals surface area contributed by atoms with Gasteiger partial charge in [0.25, 0.3) is 0 Å². The molecule has 0 spiro atoms. The second kappa shape index (κ2) is 5.32. The Morgan fingerprint density at radius 2 is 1.82 bits per heavy atom. The molecular formula is C14H20N2O. The van der Waals surface area contributed by atoms with Gasteiger partial charge in [-0.05, 0) is 18.4 Å². The minimum atomic E-state index is -0.0657. The predicted molar refractivity (Wildman–Crippen MR) is 68.6 cm³/mol. The number of carbonyl (C=O) groups is 1. The monoisotopic (exact) mass is 232 g/mol. The van der Waals surface area contributed by atoms with E-state index in [0.717, 1.165) is 18.4 Å². The van der Waals surface area contributed by atoms with Gasteiger partial charge in [0, 0.05) is 6.04 Å². The van der Waals surface area contributed by atoms with Crippen molar-refractivity contribution in [3.8, 4) is 0 Å². The zero-order chi connectivity index (χ0) is 12.3. The first kappa shape index (κ1) is 12.1. The van der Waals surface area contributed by atoms with Gasteiger partial charge in [-0.15, -0.1) is 0 Å². The number of carbonyl (C=O) groups excluding carboxylic acids is 1. The maximum atomic E-state index is 12.2. The average Bonchev–Trinajstić information content (AvgIpc) is 2.38. The number of nitrogens with one attached hydrogen (secondary N) is 2. The highest BCUT2D eigenvalue weighted by Gasteiger charge is 2.35. The van der Waals surface area contributed by atoms with Gasteiger partial charge < -0.3 is 5.32 Å². The van der Waals surface area contributed by atoms with E-state index < -0.39 is 0 Å². The highest BCUT2D eigenvalue weighted by molar-refractivity contribution is 5.85. The van der Waals surface area contributed by atoms with E-state index in [4.69, 9.17) is 0 Å². The number of rotatable bonds is 3. The van der Waals surface area contributed by atoms with E-state index in [2.05, 4.69) is 24.5 Å². The van der Waals surface area contributed by atoms with Gasteiger partial charge in [0.05, 0.1) is 12.1 Å². The van der Waals surface area contributed by atoms with E-state index in [0.29, 0.717) is 0 Å². The summed E-state index contributed by atoms with van der Waals surface area (Å²) >= 11 is 0. The highest BCUT2D eigenvalue weighted by atomic mass is 16.2. The van der Waals surface area contributed by atoms with Gasteiger partial charge in [0.1, 0.15) is 0 Å². The van der Waals surface area contributed by atoms with Crippen LogP contribution in [0.3, 0.4) is 0 Å². The first-order chi connectivity index (χ1) is 8.26. The van der Waals surface area contributed by atoms with Crippen LogP contribution in [-0.4, -0.2) is 18.1 Å². The fourth-order valence-corrected chi connectivity index (χ4v) is 2.46. The topological polar surface area (TPSA) is 41.1 Å². The Morgan fingerprint density at radius 1 is 1.12 bits per heavy atom. The first-order valence-electron chi connectivity index (χ1n) is 6.37. The normalized spacial score (nSPS) is 28.8. The minimum Gasteiger partial charge on any atom is -0.340 e. The van der Waals surface area contributed by atoms with E-state index >= 15 is 0 Å². The third-order valence-electron chi connectivity index (χ3n) is 3.42. The molecule has 0 aliphatic carbocycles.